The molecular weight excluding hydrogens is 583 g/mol. The number of carbonyl (C=O) groups excluding carboxylic acids is 1. The SMILES string of the molecule is CCC(C)C.CCS(=O)c1cccc2nc(N)sc12.CC[C@@H](O)[C@H](Cc1ccccc1)PC(=O)OCc1ccccc1. The summed E-state index contributed by atoms with van der Waals surface area (Å²) in [5, 5.41) is 10.7. The van der Waals surface area contributed by atoms with Gasteiger partial charge in [-0.3, -0.25) is 4.21 Å². The molecule has 4 atom stereocenters. The highest BCUT2D eigenvalue weighted by atomic mass is 32.2. The molecule has 0 amide bonds. The second kappa shape index (κ2) is 19.5. The first kappa shape index (κ1) is 35.6. The van der Waals surface area contributed by atoms with Gasteiger partial charge in [-0.2, -0.15) is 0 Å². The van der Waals surface area contributed by atoms with Gasteiger partial charge in [0.25, 0.3) is 0 Å². The lowest BCUT2D eigenvalue weighted by Gasteiger charge is -2.21. The molecule has 1 aromatic heterocycles. The maximum absolute atomic E-state index is 12.1. The van der Waals surface area contributed by atoms with Gasteiger partial charge in [-0.05, 0) is 42.0 Å². The van der Waals surface area contributed by atoms with Crippen molar-refractivity contribution in [3.05, 3.63) is 90.0 Å². The van der Waals surface area contributed by atoms with Crippen molar-refractivity contribution in [2.24, 2.45) is 5.92 Å². The average molecular weight is 629 g/mol. The fourth-order valence-corrected chi connectivity index (χ4v) is 6.85. The number of thiazole rings is 1. The minimum Gasteiger partial charge on any atom is -0.458 e. The van der Waals surface area contributed by atoms with Gasteiger partial charge in [0.1, 0.15) is 6.61 Å². The molecular formula is C33H45N2O4PS2. The Hall–Kier alpha value is -2.64. The number of hydrogen-bond acceptors (Lipinski definition) is 7. The van der Waals surface area contributed by atoms with Gasteiger partial charge in [-0.1, -0.05) is 119 Å². The number of nitrogens with zero attached hydrogens (tertiary/aromatic N) is 1. The molecule has 42 heavy (non-hydrogen) atoms. The molecule has 9 heteroatoms. The van der Waals surface area contributed by atoms with Gasteiger partial charge in [0.15, 0.2) is 5.13 Å². The Balaban J connectivity index is 0.000000273. The van der Waals surface area contributed by atoms with Crippen LogP contribution in [-0.4, -0.2) is 37.5 Å². The molecule has 0 aliphatic rings. The van der Waals surface area contributed by atoms with Crippen molar-refractivity contribution < 1.29 is 18.8 Å². The van der Waals surface area contributed by atoms with Gasteiger partial charge < -0.3 is 15.6 Å². The summed E-state index contributed by atoms with van der Waals surface area (Å²) < 4.78 is 18.0. The van der Waals surface area contributed by atoms with Crippen LogP contribution in [0.25, 0.3) is 10.2 Å². The van der Waals surface area contributed by atoms with Gasteiger partial charge in [0.2, 0.25) is 0 Å². The Morgan fingerprint density at radius 1 is 0.952 bits per heavy atom. The number of aliphatic hydroxyl groups excluding tert-OH is 1. The molecule has 6 nitrogen and oxygen atoms in total. The zero-order chi connectivity index (χ0) is 30.9. The first-order valence-corrected chi connectivity index (χ1v) is 17.6. The highest BCUT2D eigenvalue weighted by molar-refractivity contribution is 7.85. The average Bonchev–Trinajstić information content (AvgIpc) is 3.40. The normalized spacial score (nSPS) is 13.1. The summed E-state index contributed by atoms with van der Waals surface area (Å²) in [4.78, 5) is 17.1. The van der Waals surface area contributed by atoms with Gasteiger partial charge in [0, 0.05) is 20.0 Å². The van der Waals surface area contributed by atoms with Crippen molar-refractivity contribution in [2.75, 3.05) is 11.5 Å². The molecule has 0 bridgehead atoms. The Labute approximate surface area is 259 Å². The van der Waals surface area contributed by atoms with Crippen LogP contribution in [0.15, 0.2) is 83.8 Å². The topological polar surface area (TPSA) is 103 Å². The van der Waals surface area contributed by atoms with E-state index in [1.165, 1.54) is 17.8 Å². The Kier molecular flexibility index (Phi) is 16.5. The second-order valence-electron chi connectivity index (χ2n) is 10.1. The highest BCUT2D eigenvalue weighted by Gasteiger charge is 2.22. The van der Waals surface area contributed by atoms with Crippen molar-refractivity contribution in [1.29, 1.82) is 0 Å². The number of aliphatic hydroxyl groups is 1. The summed E-state index contributed by atoms with van der Waals surface area (Å²) in [5.74, 6) is 1.51. The van der Waals surface area contributed by atoms with Gasteiger partial charge >= 0.3 is 5.71 Å². The molecule has 0 aliphatic carbocycles. The molecule has 0 saturated carbocycles. The number of rotatable bonds is 11. The quantitative estimate of drug-likeness (QED) is 0.162. The molecule has 228 valence electrons. The first-order chi connectivity index (χ1) is 20.2. The van der Waals surface area contributed by atoms with Crippen LogP contribution in [-0.2, 0) is 28.6 Å². The summed E-state index contributed by atoms with van der Waals surface area (Å²) >= 11 is 1.40. The first-order valence-electron chi connectivity index (χ1n) is 14.4. The maximum Gasteiger partial charge on any atom is 0.323 e. The molecule has 2 unspecified atom stereocenters. The van der Waals surface area contributed by atoms with E-state index in [2.05, 4.69) is 25.8 Å². The Morgan fingerprint density at radius 3 is 2.10 bits per heavy atom. The second-order valence-corrected chi connectivity index (χ2v) is 14.2. The van der Waals surface area contributed by atoms with Gasteiger partial charge in [0.05, 0.1) is 32.0 Å². The zero-order valence-electron chi connectivity index (χ0n) is 25.3. The van der Waals surface area contributed by atoms with E-state index in [4.69, 9.17) is 10.5 Å². The van der Waals surface area contributed by atoms with Crippen LogP contribution in [0, 0.1) is 5.92 Å². The van der Waals surface area contributed by atoms with Crippen LogP contribution in [0.4, 0.5) is 9.93 Å². The highest BCUT2D eigenvalue weighted by Crippen LogP contribution is 2.30. The van der Waals surface area contributed by atoms with Crippen molar-refractivity contribution in [3.63, 3.8) is 0 Å². The third-order valence-electron chi connectivity index (χ3n) is 6.42. The molecule has 4 aromatic rings. The van der Waals surface area contributed by atoms with E-state index in [9.17, 15) is 14.1 Å². The van der Waals surface area contributed by atoms with E-state index in [0.717, 1.165) is 32.2 Å². The number of hydrogen-bond donors (Lipinski definition) is 2. The Bertz CT molecular complexity index is 1350. The van der Waals surface area contributed by atoms with Gasteiger partial charge in [-0.25, -0.2) is 9.78 Å². The number of benzene rings is 3. The molecule has 4 rings (SSSR count). The van der Waals surface area contributed by atoms with Crippen LogP contribution in [0.2, 0.25) is 0 Å². The molecule has 1 heterocycles. The molecule has 0 saturated heterocycles. The smallest absolute Gasteiger partial charge is 0.323 e. The molecule has 3 N–H and O–H groups in total. The number of anilines is 1. The molecule has 3 aromatic carbocycles. The fraction of sp³-hybridized carbons (Fsp3) is 0.394. The van der Waals surface area contributed by atoms with E-state index >= 15 is 0 Å². The summed E-state index contributed by atoms with van der Waals surface area (Å²) in [6.07, 6.45) is 2.14. The summed E-state index contributed by atoms with van der Waals surface area (Å²) in [7, 11) is -0.986. The molecule has 0 aliphatic heterocycles. The monoisotopic (exact) mass is 628 g/mol. The third-order valence-corrected chi connectivity index (χ3v) is 10.2. The van der Waals surface area contributed by atoms with E-state index in [1.54, 1.807) is 0 Å². The largest absolute Gasteiger partial charge is 0.458 e. The number of nitrogens with two attached hydrogens (primary N) is 1. The van der Waals surface area contributed by atoms with Crippen molar-refractivity contribution in [2.45, 2.75) is 77.1 Å². The van der Waals surface area contributed by atoms with Crippen molar-refractivity contribution in [1.82, 2.24) is 4.98 Å². The number of fused-ring (bicyclic) bond motifs is 1. The predicted molar refractivity (Wildman–Crippen MR) is 181 cm³/mol. The van der Waals surface area contributed by atoms with Crippen LogP contribution >= 0.6 is 19.9 Å². The lowest BCUT2D eigenvalue weighted by molar-refractivity contribution is 0.157. The van der Waals surface area contributed by atoms with E-state index in [0.29, 0.717) is 23.7 Å². The minimum absolute atomic E-state index is 0.0496. The standard InChI is InChI=1S/C19H23O3P.C9H10N2OS2.C5H12/c1-2-17(20)18(13-15-9-5-3-6-10-15)23-19(21)22-14-16-11-7-4-8-12-16;1-2-14(12)7-5-3-4-6-8(7)13-9(10)11-6;1-4-5(2)3/h3-12,17-18,20,23H,2,13-14H2,1H3;3-5H,2H2,1H3,(H2,10,11);5H,4H2,1-3H3/t17-,18+;;/m1../s1. The lowest BCUT2D eigenvalue weighted by Crippen LogP contribution is -2.25. The van der Waals surface area contributed by atoms with Crippen LogP contribution < -0.4 is 5.73 Å². The predicted octanol–water partition coefficient (Wildman–Crippen LogP) is 8.44. The molecule has 0 radical (unpaired) electrons. The third kappa shape index (κ3) is 12.7. The number of nitrogen functional groups attached to an aromatic ring is 1. The summed E-state index contributed by atoms with van der Waals surface area (Å²) in [6, 6.07) is 25.2. The van der Waals surface area contributed by atoms with Crippen LogP contribution in [0.3, 0.4) is 0 Å². The fourth-order valence-electron chi connectivity index (χ4n) is 3.63. The summed E-state index contributed by atoms with van der Waals surface area (Å²) in [5.41, 5.74) is 8.23. The zero-order valence-corrected chi connectivity index (χ0v) is 27.9. The van der Waals surface area contributed by atoms with Crippen LogP contribution in [0.1, 0.15) is 58.6 Å². The number of ether oxygens (including phenoxy) is 1. The van der Waals surface area contributed by atoms with E-state index < -0.39 is 16.9 Å². The number of aromatic nitrogens is 1. The van der Waals surface area contributed by atoms with Gasteiger partial charge in [-0.15, -0.1) is 0 Å². The van der Waals surface area contributed by atoms with Crippen molar-refractivity contribution in [3.8, 4) is 0 Å². The maximum atomic E-state index is 12.1. The van der Waals surface area contributed by atoms with Crippen LogP contribution in [0.5, 0.6) is 0 Å². The van der Waals surface area contributed by atoms with E-state index in [1.807, 2.05) is 92.7 Å². The van der Waals surface area contributed by atoms with Crippen molar-refractivity contribution >= 4 is 51.8 Å². The number of carbonyl (C=O) groups is 1. The summed E-state index contributed by atoms with van der Waals surface area (Å²) in [6.45, 7) is 10.8. The molecule has 0 spiro atoms. The molecule has 0 fully saturated rings. The lowest BCUT2D eigenvalue weighted by atomic mass is 10.1. The Morgan fingerprint density at radius 2 is 1.55 bits per heavy atom. The van der Waals surface area contributed by atoms with E-state index in [-0.39, 0.29) is 26.6 Å². The minimum atomic E-state index is -0.937.